The van der Waals surface area contributed by atoms with Crippen molar-refractivity contribution in [2.24, 2.45) is 11.8 Å². The Kier molecular flexibility index (Phi) is 7.36. The normalized spacial score (nSPS) is 26.3. The first-order valence-corrected chi connectivity index (χ1v) is 10.1. The monoisotopic (exact) mass is 419 g/mol. The Labute approximate surface area is 175 Å². The van der Waals surface area contributed by atoms with Crippen molar-refractivity contribution in [3.05, 3.63) is 48.2 Å². The van der Waals surface area contributed by atoms with Crippen LogP contribution in [0.3, 0.4) is 0 Å². The van der Waals surface area contributed by atoms with Crippen LogP contribution in [0.4, 0.5) is 0 Å². The summed E-state index contributed by atoms with van der Waals surface area (Å²) < 4.78 is 10.8. The average molecular weight is 419 g/mol. The minimum atomic E-state index is -0.998. The third-order valence-corrected chi connectivity index (χ3v) is 5.59. The van der Waals surface area contributed by atoms with Gasteiger partial charge in [-0.25, -0.2) is 0 Å². The summed E-state index contributed by atoms with van der Waals surface area (Å²) >= 11 is 0. The molecule has 1 saturated carbocycles. The van der Waals surface area contributed by atoms with Crippen LogP contribution in [0.15, 0.2) is 48.2 Å². The van der Waals surface area contributed by atoms with Gasteiger partial charge in [0.1, 0.15) is 24.2 Å². The van der Waals surface area contributed by atoms with Gasteiger partial charge in [-0.1, -0.05) is 18.2 Å². The van der Waals surface area contributed by atoms with Gasteiger partial charge in [0.2, 0.25) is 0 Å². The highest BCUT2D eigenvalue weighted by molar-refractivity contribution is 5.66. The van der Waals surface area contributed by atoms with E-state index in [0.29, 0.717) is 17.9 Å². The maximum atomic E-state index is 11.1. The summed E-state index contributed by atoms with van der Waals surface area (Å²) in [6.45, 7) is 0.150. The lowest BCUT2D eigenvalue weighted by Gasteiger charge is -2.26. The third kappa shape index (κ3) is 5.53. The van der Waals surface area contributed by atoms with E-state index in [4.69, 9.17) is 19.4 Å². The molecule has 0 aromatic heterocycles. The van der Waals surface area contributed by atoms with E-state index in [-0.39, 0.29) is 31.5 Å². The molecular formula is C22H29NO7. The van der Waals surface area contributed by atoms with Gasteiger partial charge in [0.25, 0.3) is 0 Å². The SMILES string of the molecule is COc1cccc(OCC(O)C=C[C@H]2CC[C@@H]3CC(NOCCC(=O)O)=C[C@]32O)c1. The Balaban J connectivity index is 1.50. The molecule has 0 heterocycles. The van der Waals surface area contributed by atoms with Gasteiger partial charge in [0, 0.05) is 17.7 Å². The summed E-state index contributed by atoms with van der Waals surface area (Å²) in [6.07, 6.45) is 6.72. The quantitative estimate of drug-likeness (QED) is 0.245. The largest absolute Gasteiger partial charge is 0.497 e. The van der Waals surface area contributed by atoms with E-state index in [1.54, 1.807) is 31.4 Å². The molecular weight excluding hydrogens is 390 g/mol. The van der Waals surface area contributed by atoms with Crippen molar-refractivity contribution in [1.29, 1.82) is 0 Å². The van der Waals surface area contributed by atoms with E-state index in [1.807, 2.05) is 18.2 Å². The molecule has 2 aliphatic carbocycles. The highest BCUT2D eigenvalue weighted by atomic mass is 16.6. The number of aliphatic hydroxyl groups excluding tert-OH is 1. The van der Waals surface area contributed by atoms with Crippen molar-refractivity contribution < 1.29 is 34.4 Å². The summed E-state index contributed by atoms with van der Waals surface area (Å²) in [5.41, 5.74) is 2.52. The van der Waals surface area contributed by atoms with Gasteiger partial charge < -0.3 is 24.8 Å². The van der Waals surface area contributed by atoms with Crippen molar-refractivity contribution in [1.82, 2.24) is 5.48 Å². The molecule has 1 unspecified atom stereocenters. The Bertz CT molecular complexity index is 793. The number of methoxy groups -OCH3 is 1. The number of carboxylic acids is 1. The van der Waals surface area contributed by atoms with Crippen LogP contribution in [0.25, 0.3) is 0 Å². The highest BCUT2D eigenvalue weighted by Gasteiger charge is 2.50. The van der Waals surface area contributed by atoms with Gasteiger partial charge in [-0.2, -0.15) is 0 Å². The Morgan fingerprint density at radius 3 is 2.93 bits per heavy atom. The Morgan fingerprint density at radius 1 is 1.37 bits per heavy atom. The fourth-order valence-corrected chi connectivity index (χ4v) is 4.03. The number of aliphatic carboxylic acids is 1. The zero-order valence-corrected chi connectivity index (χ0v) is 17.0. The molecule has 0 radical (unpaired) electrons. The smallest absolute Gasteiger partial charge is 0.305 e. The number of carbonyl (C=O) groups is 1. The predicted octanol–water partition coefficient (Wildman–Crippen LogP) is 2.03. The second-order valence-corrected chi connectivity index (χ2v) is 7.68. The number of hydroxylamine groups is 1. The van der Waals surface area contributed by atoms with Crippen molar-refractivity contribution in [3.8, 4) is 11.5 Å². The number of hydrogen-bond donors (Lipinski definition) is 4. The molecule has 1 fully saturated rings. The van der Waals surface area contributed by atoms with Gasteiger partial charge in [-0.3, -0.25) is 15.1 Å². The number of carboxylic acid groups (broad SMARTS) is 1. The summed E-state index contributed by atoms with van der Waals surface area (Å²) in [4.78, 5) is 15.7. The van der Waals surface area contributed by atoms with E-state index in [2.05, 4.69) is 5.48 Å². The molecule has 3 rings (SSSR count). The molecule has 0 amide bonds. The van der Waals surface area contributed by atoms with E-state index in [9.17, 15) is 15.0 Å². The standard InChI is InChI=1S/C22H29NO7/c1-28-19-3-2-4-20(12-19)29-14-18(24)8-7-15-5-6-16-11-17(13-22(15,16)27)23-30-10-9-21(25)26/h2-4,7-8,12-13,15-16,18,23-24,27H,5-6,9-11,14H2,1H3,(H,25,26)/t15-,16-,18?,22-/m1/s1. The summed E-state index contributed by atoms with van der Waals surface area (Å²) in [6, 6.07) is 7.17. The van der Waals surface area contributed by atoms with Crippen LogP contribution in [-0.2, 0) is 9.63 Å². The summed E-state index contributed by atoms with van der Waals surface area (Å²) in [5, 5.41) is 30.0. The molecule has 30 heavy (non-hydrogen) atoms. The average Bonchev–Trinajstić information content (AvgIpc) is 3.20. The second-order valence-electron chi connectivity index (χ2n) is 7.68. The molecule has 0 bridgehead atoms. The second kappa shape index (κ2) is 9.97. The van der Waals surface area contributed by atoms with Gasteiger partial charge in [-0.15, -0.1) is 0 Å². The van der Waals surface area contributed by atoms with Crippen molar-refractivity contribution in [3.63, 3.8) is 0 Å². The zero-order valence-electron chi connectivity index (χ0n) is 17.0. The maximum Gasteiger partial charge on any atom is 0.305 e. The van der Waals surface area contributed by atoms with Crippen LogP contribution in [0.2, 0.25) is 0 Å². The fraction of sp³-hybridized carbons (Fsp3) is 0.500. The van der Waals surface area contributed by atoms with Gasteiger partial charge in [0.15, 0.2) is 0 Å². The topological polar surface area (TPSA) is 117 Å². The lowest BCUT2D eigenvalue weighted by molar-refractivity contribution is -0.138. The van der Waals surface area contributed by atoms with Crippen LogP contribution in [0, 0.1) is 11.8 Å². The lowest BCUT2D eigenvalue weighted by Crippen LogP contribution is -2.34. The van der Waals surface area contributed by atoms with Crippen molar-refractivity contribution in [2.75, 3.05) is 20.3 Å². The van der Waals surface area contributed by atoms with E-state index in [1.165, 1.54) is 0 Å². The van der Waals surface area contributed by atoms with E-state index >= 15 is 0 Å². The first-order chi connectivity index (χ1) is 14.4. The lowest BCUT2D eigenvalue weighted by atomic mass is 9.87. The molecule has 0 aliphatic heterocycles. The molecule has 1 aromatic carbocycles. The molecule has 1 aromatic rings. The number of fused-ring (bicyclic) bond motifs is 1. The Morgan fingerprint density at radius 2 is 2.17 bits per heavy atom. The van der Waals surface area contributed by atoms with Gasteiger partial charge in [-0.05, 0) is 43.4 Å². The molecule has 4 N–H and O–H groups in total. The number of hydrogen-bond acceptors (Lipinski definition) is 7. The van der Waals surface area contributed by atoms with E-state index < -0.39 is 17.7 Å². The van der Waals surface area contributed by atoms with Crippen molar-refractivity contribution in [2.45, 2.75) is 37.4 Å². The number of ether oxygens (including phenoxy) is 2. The highest BCUT2D eigenvalue weighted by Crippen LogP contribution is 2.49. The van der Waals surface area contributed by atoms with Gasteiger partial charge >= 0.3 is 5.97 Å². The molecule has 4 atom stereocenters. The number of benzene rings is 1. The number of aliphatic hydroxyl groups is 2. The van der Waals surface area contributed by atoms with Crippen LogP contribution in [0.5, 0.6) is 11.5 Å². The molecule has 164 valence electrons. The van der Waals surface area contributed by atoms with Crippen LogP contribution in [-0.4, -0.2) is 53.3 Å². The summed E-state index contributed by atoms with van der Waals surface area (Å²) in [5.74, 6) is 0.321. The zero-order chi connectivity index (χ0) is 21.6. The first kappa shape index (κ1) is 22.1. The Hall–Kier alpha value is -2.55. The van der Waals surface area contributed by atoms with Crippen molar-refractivity contribution >= 4 is 5.97 Å². The fourth-order valence-electron chi connectivity index (χ4n) is 4.03. The molecule has 0 spiro atoms. The van der Waals surface area contributed by atoms with Crippen LogP contribution in [0.1, 0.15) is 25.7 Å². The maximum absolute atomic E-state index is 11.1. The number of allylic oxidation sites excluding steroid dienone is 1. The minimum absolute atomic E-state index is 0.0541. The number of rotatable bonds is 11. The molecule has 8 heteroatoms. The third-order valence-electron chi connectivity index (χ3n) is 5.59. The first-order valence-electron chi connectivity index (χ1n) is 10.1. The summed E-state index contributed by atoms with van der Waals surface area (Å²) in [7, 11) is 1.58. The molecule has 2 aliphatic rings. The van der Waals surface area contributed by atoms with E-state index in [0.717, 1.165) is 18.5 Å². The van der Waals surface area contributed by atoms with Gasteiger partial charge in [0.05, 0.1) is 25.7 Å². The molecule has 8 nitrogen and oxygen atoms in total. The predicted molar refractivity (Wildman–Crippen MR) is 109 cm³/mol. The minimum Gasteiger partial charge on any atom is -0.497 e. The van der Waals surface area contributed by atoms with Crippen LogP contribution < -0.4 is 15.0 Å². The van der Waals surface area contributed by atoms with Crippen LogP contribution >= 0.6 is 0 Å². The molecule has 0 saturated heterocycles. The number of nitrogens with one attached hydrogen (secondary N) is 1.